The number of fused-ring (bicyclic) bond motifs is 5. The molecule has 162 valence electrons. The van der Waals surface area contributed by atoms with E-state index in [0.717, 1.165) is 48.8 Å². The van der Waals surface area contributed by atoms with Gasteiger partial charge in [-0.2, -0.15) is 0 Å². The Morgan fingerprint density at radius 3 is 2.71 bits per heavy atom. The van der Waals surface area contributed by atoms with Crippen LogP contribution in [-0.4, -0.2) is 15.7 Å². The zero-order valence-electron chi connectivity index (χ0n) is 18.4. The van der Waals surface area contributed by atoms with Gasteiger partial charge in [0.1, 0.15) is 5.82 Å². The first-order chi connectivity index (χ1) is 14.9. The molecule has 1 aromatic carbocycles. The van der Waals surface area contributed by atoms with Gasteiger partial charge in [0.25, 0.3) is 0 Å². The van der Waals surface area contributed by atoms with E-state index in [1.165, 1.54) is 0 Å². The van der Waals surface area contributed by atoms with Gasteiger partial charge in [0.2, 0.25) is 5.69 Å². The summed E-state index contributed by atoms with van der Waals surface area (Å²) < 4.78 is 15.0. The van der Waals surface area contributed by atoms with E-state index in [1.807, 2.05) is 30.6 Å². The molecule has 2 fully saturated rings. The van der Waals surface area contributed by atoms with E-state index in [1.54, 1.807) is 6.07 Å². The summed E-state index contributed by atoms with van der Waals surface area (Å²) in [6.07, 6.45) is 9.82. The van der Waals surface area contributed by atoms with Gasteiger partial charge in [-0.1, -0.05) is 32.4 Å². The first kappa shape index (κ1) is 20.6. The summed E-state index contributed by atoms with van der Waals surface area (Å²) in [6, 6.07) is 7.75. The van der Waals surface area contributed by atoms with Gasteiger partial charge in [-0.05, 0) is 84.6 Å². The molecule has 0 aliphatic heterocycles. The Labute approximate surface area is 184 Å². The zero-order valence-corrected chi connectivity index (χ0v) is 18.4. The normalized spacial score (nSPS) is 36.2. The second-order valence-electron chi connectivity index (χ2n) is 10.3. The van der Waals surface area contributed by atoms with E-state index < -0.39 is 5.60 Å². The van der Waals surface area contributed by atoms with Crippen LogP contribution in [0.15, 0.2) is 36.7 Å². The monoisotopic (exact) mass is 418 g/mol. The number of aromatic nitrogens is 1. The first-order valence-corrected chi connectivity index (χ1v) is 11.7. The van der Waals surface area contributed by atoms with E-state index >= 15 is 0 Å². The average Bonchev–Trinajstić information content (AvgIpc) is 3.04. The highest BCUT2D eigenvalue weighted by molar-refractivity contribution is 5.53. The topological polar surface area (TPSA) is 37.5 Å². The van der Waals surface area contributed by atoms with Crippen molar-refractivity contribution in [1.82, 2.24) is 4.98 Å². The Morgan fingerprint density at radius 2 is 2.00 bits per heavy atom. The van der Waals surface area contributed by atoms with Crippen molar-refractivity contribution in [2.45, 2.75) is 70.3 Å². The molecule has 5 rings (SSSR count). The van der Waals surface area contributed by atoms with Crippen LogP contribution in [0.25, 0.3) is 4.85 Å². The van der Waals surface area contributed by atoms with Crippen molar-refractivity contribution in [3.63, 3.8) is 0 Å². The molecule has 3 nitrogen and oxygen atoms in total. The predicted molar refractivity (Wildman–Crippen MR) is 119 cm³/mol. The van der Waals surface area contributed by atoms with Gasteiger partial charge in [0, 0.05) is 24.2 Å². The largest absolute Gasteiger partial charge is 0.389 e. The van der Waals surface area contributed by atoms with Crippen LogP contribution in [0.4, 0.5) is 10.1 Å². The van der Waals surface area contributed by atoms with Crippen LogP contribution in [0.3, 0.4) is 0 Å². The molecule has 31 heavy (non-hydrogen) atoms. The van der Waals surface area contributed by atoms with Crippen LogP contribution in [0.2, 0.25) is 0 Å². The highest BCUT2D eigenvalue weighted by Gasteiger charge is 2.63. The van der Waals surface area contributed by atoms with Crippen molar-refractivity contribution in [2.75, 3.05) is 0 Å². The summed E-state index contributed by atoms with van der Waals surface area (Å²) in [5, 5.41) is 12.0. The van der Waals surface area contributed by atoms with E-state index in [0.29, 0.717) is 36.5 Å². The molecular weight excluding hydrogens is 387 g/mol. The lowest BCUT2D eigenvalue weighted by Gasteiger charge is -2.56. The van der Waals surface area contributed by atoms with Gasteiger partial charge in [-0.3, -0.25) is 4.98 Å². The molecular formula is C27H31FN2O. The van der Waals surface area contributed by atoms with Crippen LogP contribution < -0.4 is 0 Å². The van der Waals surface area contributed by atoms with Crippen molar-refractivity contribution in [2.24, 2.45) is 23.2 Å². The van der Waals surface area contributed by atoms with Crippen LogP contribution >= 0.6 is 0 Å². The number of nitrogens with zero attached hydrogens (tertiary/aromatic N) is 2. The van der Waals surface area contributed by atoms with E-state index in [9.17, 15) is 9.50 Å². The third-order valence-electron chi connectivity index (χ3n) is 9.16. The fourth-order valence-electron chi connectivity index (χ4n) is 7.62. The SMILES string of the molecule is [C-]#[N+]c1ccc2c(c1F)CCC1C2[C@@H](CC)C[C@@]2(C)C1CC[C@@]2(O)Cc1ccncc1. The fourth-order valence-corrected chi connectivity index (χ4v) is 7.62. The van der Waals surface area contributed by atoms with E-state index in [-0.39, 0.29) is 16.9 Å². The molecule has 4 heteroatoms. The molecule has 2 saturated carbocycles. The van der Waals surface area contributed by atoms with Gasteiger partial charge in [-0.25, -0.2) is 9.24 Å². The number of aliphatic hydroxyl groups is 1. The Balaban J connectivity index is 1.53. The van der Waals surface area contributed by atoms with Crippen molar-refractivity contribution in [3.8, 4) is 0 Å². The summed E-state index contributed by atoms with van der Waals surface area (Å²) in [5.74, 6) is 1.38. The summed E-state index contributed by atoms with van der Waals surface area (Å²) >= 11 is 0. The van der Waals surface area contributed by atoms with Crippen LogP contribution in [-0.2, 0) is 12.8 Å². The molecule has 0 amide bonds. The summed E-state index contributed by atoms with van der Waals surface area (Å²) in [4.78, 5) is 7.51. The van der Waals surface area contributed by atoms with Crippen molar-refractivity contribution in [3.05, 3.63) is 70.6 Å². The number of hydrogen-bond acceptors (Lipinski definition) is 2. The Bertz CT molecular complexity index is 1030. The van der Waals surface area contributed by atoms with E-state index in [4.69, 9.17) is 6.57 Å². The molecule has 2 aromatic rings. The molecule has 6 atom stereocenters. The van der Waals surface area contributed by atoms with Crippen LogP contribution in [0, 0.1) is 35.6 Å². The molecule has 3 aliphatic rings. The quantitative estimate of drug-likeness (QED) is 0.599. The molecule has 1 heterocycles. The lowest BCUT2D eigenvalue weighted by molar-refractivity contribution is -0.117. The smallest absolute Gasteiger partial charge is 0.222 e. The van der Waals surface area contributed by atoms with Gasteiger partial charge in [0.05, 0.1) is 12.2 Å². The Morgan fingerprint density at radius 1 is 1.23 bits per heavy atom. The zero-order chi connectivity index (χ0) is 21.8. The standard InChI is InChI=1S/C27H31FN2O/c1-4-18-16-26(2)22(9-12-27(26,31)15-17-10-13-30-14-11-17)21-6-5-20-19(24(18)21)7-8-23(29-3)25(20)28/h7-8,10-11,13-14,18,21-22,24,31H,4-6,9,12,15-16H2,1-2H3/t18-,21?,22?,24?,26-,27+/m0/s1. The minimum absolute atomic E-state index is 0.134. The maximum Gasteiger partial charge on any atom is 0.222 e. The number of halogens is 1. The number of pyridine rings is 1. The lowest BCUT2D eigenvalue weighted by atomic mass is 9.49. The van der Waals surface area contributed by atoms with E-state index in [2.05, 4.69) is 23.7 Å². The fraction of sp³-hybridized carbons (Fsp3) is 0.556. The minimum atomic E-state index is -0.711. The highest BCUT2D eigenvalue weighted by atomic mass is 19.1. The molecule has 0 saturated heterocycles. The van der Waals surface area contributed by atoms with Gasteiger partial charge in [-0.15, -0.1) is 0 Å². The van der Waals surface area contributed by atoms with Gasteiger partial charge >= 0.3 is 0 Å². The van der Waals surface area contributed by atoms with Crippen molar-refractivity contribution < 1.29 is 9.50 Å². The second kappa shape index (κ2) is 7.41. The first-order valence-electron chi connectivity index (χ1n) is 11.7. The minimum Gasteiger partial charge on any atom is -0.389 e. The molecule has 0 radical (unpaired) electrons. The summed E-state index contributed by atoms with van der Waals surface area (Å²) in [6.45, 7) is 11.8. The average molecular weight is 419 g/mol. The molecule has 0 bridgehead atoms. The molecule has 1 aromatic heterocycles. The number of rotatable bonds is 3. The lowest BCUT2D eigenvalue weighted by Crippen LogP contribution is -2.54. The molecule has 3 unspecified atom stereocenters. The van der Waals surface area contributed by atoms with Crippen LogP contribution in [0.1, 0.15) is 68.6 Å². The van der Waals surface area contributed by atoms with Crippen molar-refractivity contribution in [1.29, 1.82) is 0 Å². The Hall–Kier alpha value is -2.25. The third-order valence-corrected chi connectivity index (χ3v) is 9.16. The second-order valence-corrected chi connectivity index (χ2v) is 10.3. The van der Waals surface area contributed by atoms with Crippen molar-refractivity contribution >= 4 is 5.69 Å². The third kappa shape index (κ3) is 2.97. The number of hydrogen-bond donors (Lipinski definition) is 1. The van der Waals surface area contributed by atoms with Gasteiger partial charge < -0.3 is 5.11 Å². The predicted octanol–water partition coefficient (Wildman–Crippen LogP) is 6.24. The van der Waals surface area contributed by atoms with Gasteiger partial charge in [0.15, 0.2) is 0 Å². The highest BCUT2D eigenvalue weighted by Crippen LogP contribution is 2.67. The Kier molecular flexibility index (Phi) is 4.94. The summed E-state index contributed by atoms with van der Waals surface area (Å²) in [7, 11) is 0. The summed E-state index contributed by atoms with van der Waals surface area (Å²) in [5.41, 5.74) is 2.37. The molecule has 1 N–H and O–H groups in total. The number of benzene rings is 1. The molecule has 3 aliphatic carbocycles. The van der Waals surface area contributed by atoms with Crippen LogP contribution in [0.5, 0.6) is 0 Å². The maximum atomic E-state index is 15.0. The maximum absolute atomic E-state index is 15.0. The molecule has 0 spiro atoms.